The van der Waals surface area contributed by atoms with Gasteiger partial charge in [0.1, 0.15) is 0 Å². The van der Waals surface area contributed by atoms with Crippen LogP contribution in [0, 0.1) is 0 Å². The van der Waals surface area contributed by atoms with Crippen LogP contribution < -0.4 is 16.4 Å². The Balaban J connectivity index is 2.08. The zero-order valence-corrected chi connectivity index (χ0v) is 10.6. The van der Waals surface area contributed by atoms with Crippen molar-refractivity contribution in [1.82, 2.24) is 15.5 Å². The van der Waals surface area contributed by atoms with Crippen molar-refractivity contribution in [2.24, 2.45) is 0 Å². The molecule has 0 saturated heterocycles. The highest BCUT2D eigenvalue weighted by Gasteiger charge is 2.06. The third-order valence-electron chi connectivity index (χ3n) is 2.39. The van der Waals surface area contributed by atoms with Crippen molar-refractivity contribution in [1.29, 1.82) is 0 Å². The van der Waals surface area contributed by atoms with Crippen molar-refractivity contribution in [3.8, 4) is 0 Å². The predicted octanol–water partition coefficient (Wildman–Crippen LogP) is 1.55. The number of rotatable bonds is 4. The smallest absolute Gasteiger partial charge is 0.271 e. The number of anilines is 3. The van der Waals surface area contributed by atoms with Crippen molar-refractivity contribution in [2.45, 2.75) is 6.92 Å². The summed E-state index contributed by atoms with van der Waals surface area (Å²) in [6.07, 6.45) is 0. The lowest BCUT2D eigenvalue weighted by atomic mass is 10.3. The first-order chi connectivity index (χ1) is 9.19. The van der Waals surface area contributed by atoms with Crippen LogP contribution >= 0.6 is 0 Å². The summed E-state index contributed by atoms with van der Waals surface area (Å²) in [7, 11) is 0. The van der Waals surface area contributed by atoms with E-state index in [4.69, 9.17) is 5.73 Å². The predicted molar refractivity (Wildman–Crippen MR) is 74.2 cm³/mol. The summed E-state index contributed by atoms with van der Waals surface area (Å²) in [6, 6.07) is 10.6. The average molecular weight is 257 g/mol. The van der Waals surface area contributed by atoms with E-state index in [2.05, 4.69) is 20.8 Å². The van der Waals surface area contributed by atoms with Crippen LogP contribution in [-0.4, -0.2) is 22.6 Å². The highest BCUT2D eigenvalue weighted by atomic mass is 16.1. The Kier molecular flexibility index (Phi) is 3.92. The third kappa shape index (κ3) is 3.41. The van der Waals surface area contributed by atoms with E-state index in [0.29, 0.717) is 23.7 Å². The number of benzene rings is 1. The molecule has 0 radical (unpaired) electrons. The van der Waals surface area contributed by atoms with Crippen LogP contribution in [0.3, 0.4) is 0 Å². The van der Waals surface area contributed by atoms with E-state index in [1.165, 1.54) is 0 Å². The van der Waals surface area contributed by atoms with Gasteiger partial charge in [-0.2, -0.15) is 0 Å². The van der Waals surface area contributed by atoms with E-state index in [9.17, 15) is 4.79 Å². The molecule has 6 heteroatoms. The van der Waals surface area contributed by atoms with Gasteiger partial charge in [0.15, 0.2) is 11.5 Å². The molecule has 0 aliphatic carbocycles. The van der Waals surface area contributed by atoms with E-state index >= 15 is 0 Å². The van der Waals surface area contributed by atoms with Gasteiger partial charge in [-0.3, -0.25) is 4.79 Å². The SMILES string of the molecule is CCNC(=O)c1ccc(Nc2cccc(N)c2)nn1. The van der Waals surface area contributed by atoms with Gasteiger partial charge in [0.05, 0.1) is 0 Å². The van der Waals surface area contributed by atoms with Gasteiger partial charge in [-0.25, -0.2) is 0 Å². The Bertz CT molecular complexity index is 568. The highest BCUT2D eigenvalue weighted by Crippen LogP contribution is 2.16. The van der Waals surface area contributed by atoms with Crippen molar-refractivity contribution in [2.75, 3.05) is 17.6 Å². The van der Waals surface area contributed by atoms with Gasteiger partial charge < -0.3 is 16.4 Å². The van der Waals surface area contributed by atoms with Crippen molar-refractivity contribution in [3.05, 3.63) is 42.1 Å². The maximum Gasteiger partial charge on any atom is 0.271 e. The number of carbonyl (C=O) groups is 1. The first kappa shape index (κ1) is 12.8. The summed E-state index contributed by atoms with van der Waals surface area (Å²) >= 11 is 0. The molecule has 1 aromatic heterocycles. The number of nitrogen functional groups attached to an aromatic ring is 1. The van der Waals surface area contributed by atoms with Gasteiger partial charge >= 0.3 is 0 Å². The molecule has 0 atom stereocenters. The van der Waals surface area contributed by atoms with Crippen LogP contribution in [0.4, 0.5) is 17.2 Å². The van der Waals surface area contributed by atoms with Gasteiger partial charge in [-0.15, -0.1) is 10.2 Å². The molecule has 0 unspecified atom stereocenters. The molecule has 6 nitrogen and oxygen atoms in total. The molecule has 98 valence electrons. The topological polar surface area (TPSA) is 92.9 Å². The Hall–Kier alpha value is -2.63. The molecule has 0 aliphatic heterocycles. The normalized spacial score (nSPS) is 9.95. The molecule has 2 rings (SSSR count). The number of nitrogens with two attached hydrogens (primary N) is 1. The maximum atomic E-state index is 11.5. The Labute approximate surface area is 111 Å². The number of hydrogen-bond acceptors (Lipinski definition) is 5. The van der Waals surface area contributed by atoms with Gasteiger partial charge in [-0.05, 0) is 37.3 Å². The molecular weight excluding hydrogens is 242 g/mol. The molecule has 0 aliphatic rings. The lowest BCUT2D eigenvalue weighted by Gasteiger charge is -2.06. The molecule has 1 amide bonds. The minimum Gasteiger partial charge on any atom is -0.399 e. The quantitative estimate of drug-likeness (QED) is 0.723. The monoisotopic (exact) mass is 257 g/mol. The van der Waals surface area contributed by atoms with Gasteiger partial charge in [0.25, 0.3) is 5.91 Å². The first-order valence-corrected chi connectivity index (χ1v) is 5.93. The molecule has 0 fully saturated rings. The van der Waals surface area contributed by atoms with E-state index in [1.54, 1.807) is 24.3 Å². The van der Waals surface area contributed by atoms with Gasteiger partial charge in [0, 0.05) is 17.9 Å². The summed E-state index contributed by atoms with van der Waals surface area (Å²) in [5, 5.41) is 13.5. The first-order valence-electron chi connectivity index (χ1n) is 5.93. The Morgan fingerprint density at radius 3 is 2.74 bits per heavy atom. The fraction of sp³-hybridized carbons (Fsp3) is 0.154. The third-order valence-corrected chi connectivity index (χ3v) is 2.39. The zero-order valence-electron chi connectivity index (χ0n) is 10.6. The summed E-state index contributed by atoms with van der Waals surface area (Å²) < 4.78 is 0. The molecular formula is C13H15N5O. The van der Waals surface area contributed by atoms with E-state index < -0.39 is 0 Å². The van der Waals surface area contributed by atoms with Crippen LogP contribution in [0.1, 0.15) is 17.4 Å². The summed E-state index contributed by atoms with van der Waals surface area (Å²) in [4.78, 5) is 11.5. The Morgan fingerprint density at radius 1 is 1.26 bits per heavy atom. The molecule has 19 heavy (non-hydrogen) atoms. The lowest BCUT2D eigenvalue weighted by molar-refractivity contribution is 0.0950. The maximum absolute atomic E-state index is 11.5. The second-order valence-electron chi connectivity index (χ2n) is 3.91. The Morgan fingerprint density at radius 2 is 2.11 bits per heavy atom. The molecule has 1 heterocycles. The number of amides is 1. The molecule has 0 spiro atoms. The van der Waals surface area contributed by atoms with Crippen LogP contribution in [0.15, 0.2) is 36.4 Å². The number of carbonyl (C=O) groups excluding carboxylic acids is 1. The average Bonchev–Trinajstić information content (AvgIpc) is 2.40. The van der Waals surface area contributed by atoms with Gasteiger partial charge in [-0.1, -0.05) is 6.07 Å². The lowest BCUT2D eigenvalue weighted by Crippen LogP contribution is -2.24. The van der Waals surface area contributed by atoms with Crippen LogP contribution in [-0.2, 0) is 0 Å². The standard InChI is InChI=1S/C13H15N5O/c1-2-15-13(19)11-6-7-12(18-17-11)16-10-5-3-4-9(14)8-10/h3-8H,2,14H2,1H3,(H,15,19)(H,16,18). The zero-order chi connectivity index (χ0) is 13.7. The van der Waals surface area contributed by atoms with E-state index in [1.807, 2.05) is 19.1 Å². The van der Waals surface area contributed by atoms with Crippen LogP contribution in [0.25, 0.3) is 0 Å². The second-order valence-corrected chi connectivity index (χ2v) is 3.91. The fourth-order valence-corrected chi connectivity index (χ4v) is 1.54. The van der Waals surface area contributed by atoms with Crippen molar-refractivity contribution in [3.63, 3.8) is 0 Å². The number of nitrogens with one attached hydrogen (secondary N) is 2. The number of nitrogens with zero attached hydrogens (tertiary/aromatic N) is 2. The summed E-state index contributed by atoms with van der Waals surface area (Å²) in [6.45, 7) is 2.41. The molecule has 1 aromatic carbocycles. The summed E-state index contributed by atoms with van der Waals surface area (Å²) in [5.41, 5.74) is 7.46. The molecule has 0 bridgehead atoms. The van der Waals surface area contributed by atoms with Crippen molar-refractivity contribution < 1.29 is 4.79 Å². The fourth-order valence-electron chi connectivity index (χ4n) is 1.54. The minimum absolute atomic E-state index is 0.231. The largest absolute Gasteiger partial charge is 0.399 e. The number of aromatic nitrogens is 2. The second kappa shape index (κ2) is 5.81. The molecule has 4 N–H and O–H groups in total. The summed E-state index contributed by atoms with van der Waals surface area (Å²) in [5.74, 6) is 0.323. The minimum atomic E-state index is -0.231. The number of hydrogen-bond donors (Lipinski definition) is 3. The highest BCUT2D eigenvalue weighted by molar-refractivity contribution is 5.92. The van der Waals surface area contributed by atoms with Crippen LogP contribution in [0.2, 0.25) is 0 Å². The molecule has 0 saturated carbocycles. The van der Waals surface area contributed by atoms with E-state index in [0.717, 1.165) is 5.69 Å². The van der Waals surface area contributed by atoms with Crippen molar-refractivity contribution >= 4 is 23.1 Å². The molecule has 2 aromatic rings. The van der Waals surface area contributed by atoms with Crippen LogP contribution in [0.5, 0.6) is 0 Å². The van der Waals surface area contributed by atoms with E-state index in [-0.39, 0.29) is 5.91 Å². The van der Waals surface area contributed by atoms with Gasteiger partial charge in [0.2, 0.25) is 0 Å².